The Morgan fingerprint density at radius 1 is 1.36 bits per heavy atom. The first-order chi connectivity index (χ1) is 12.0. The van der Waals surface area contributed by atoms with Crippen molar-refractivity contribution < 1.29 is 9.53 Å². The molecule has 0 saturated carbocycles. The van der Waals surface area contributed by atoms with Gasteiger partial charge in [-0.2, -0.15) is 0 Å². The SMILES string of the molecule is COc1cc(Cl)ncc1NC(=O)C1(c2ccccc2C(C)C)CNC1. The summed E-state index contributed by atoms with van der Waals surface area (Å²) in [5, 5.41) is 6.53. The van der Waals surface area contributed by atoms with E-state index in [1.807, 2.05) is 18.2 Å². The predicted molar refractivity (Wildman–Crippen MR) is 99.5 cm³/mol. The van der Waals surface area contributed by atoms with Crippen molar-refractivity contribution in [2.75, 3.05) is 25.5 Å². The highest BCUT2D eigenvalue weighted by Crippen LogP contribution is 2.36. The van der Waals surface area contributed by atoms with Crippen LogP contribution in [0.3, 0.4) is 0 Å². The molecule has 2 N–H and O–H groups in total. The van der Waals surface area contributed by atoms with Gasteiger partial charge in [-0.05, 0) is 17.0 Å². The van der Waals surface area contributed by atoms with E-state index in [9.17, 15) is 4.79 Å². The van der Waals surface area contributed by atoms with E-state index >= 15 is 0 Å². The number of aromatic nitrogens is 1. The van der Waals surface area contributed by atoms with Crippen LogP contribution in [0.2, 0.25) is 5.15 Å². The van der Waals surface area contributed by atoms with Gasteiger partial charge in [0.25, 0.3) is 0 Å². The number of benzene rings is 1. The predicted octanol–water partition coefficient (Wildman–Crippen LogP) is 3.35. The molecule has 1 aromatic carbocycles. The third kappa shape index (κ3) is 3.22. The van der Waals surface area contributed by atoms with Crippen LogP contribution in [-0.2, 0) is 10.2 Å². The lowest BCUT2D eigenvalue weighted by atomic mass is 9.71. The second kappa shape index (κ2) is 7.02. The van der Waals surface area contributed by atoms with E-state index in [0.717, 1.165) is 5.56 Å². The van der Waals surface area contributed by atoms with Crippen LogP contribution in [-0.4, -0.2) is 31.1 Å². The Hall–Kier alpha value is -2.11. The number of rotatable bonds is 5. The zero-order chi connectivity index (χ0) is 18.0. The smallest absolute Gasteiger partial charge is 0.237 e. The maximum atomic E-state index is 13.2. The highest BCUT2D eigenvalue weighted by Gasteiger charge is 2.47. The lowest BCUT2D eigenvalue weighted by molar-refractivity contribution is -0.123. The van der Waals surface area contributed by atoms with Crippen LogP contribution in [0.1, 0.15) is 30.9 Å². The van der Waals surface area contributed by atoms with Crippen molar-refractivity contribution in [1.82, 2.24) is 10.3 Å². The first-order valence-electron chi connectivity index (χ1n) is 8.29. The third-order valence-corrected chi connectivity index (χ3v) is 4.89. The fraction of sp³-hybridized carbons (Fsp3) is 0.368. The van der Waals surface area contributed by atoms with Crippen LogP contribution >= 0.6 is 11.6 Å². The van der Waals surface area contributed by atoms with Crippen molar-refractivity contribution >= 4 is 23.2 Å². The number of hydrogen-bond acceptors (Lipinski definition) is 4. The Kier molecular flexibility index (Phi) is 4.97. The summed E-state index contributed by atoms with van der Waals surface area (Å²) in [5.41, 5.74) is 2.19. The molecule has 132 valence electrons. The van der Waals surface area contributed by atoms with E-state index in [0.29, 0.717) is 35.6 Å². The van der Waals surface area contributed by atoms with Crippen molar-refractivity contribution in [2.24, 2.45) is 0 Å². The minimum Gasteiger partial charge on any atom is -0.494 e. The summed E-state index contributed by atoms with van der Waals surface area (Å²) in [7, 11) is 1.54. The normalized spacial score (nSPS) is 15.6. The van der Waals surface area contributed by atoms with Gasteiger partial charge in [-0.15, -0.1) is 0 Å². The van der Waals surface area contributed by atoms with Gasteiger partial charge >= 0.3 is 0 Å². The molecular formula is C19H22ClN3O2. The first-order valence-corrected chi connectivity index (χ1v) is 8.67. The van der Waals surface area contributed by atoms with Crippen molar-refractivity contribution in [3.05, 3.63) is 52.8 Å². The summed E-state index contributed by atoms with van der Waals surface area (Å²) < 4.78 is 5.30. The van der Waals surface area contributed by atoms with Crippen LogP contribution in [0.5, 0.6) is 5.75 Å². The van der Waals surface area contributed by atoms with E-state index < -0.39 is 5.41 Å². The number of amides is 1. The molecule has 1 aliphatic heterocycles. The number of nitrogens with one attached hydrogen (secondary N) is 2. The zero-order valence-electron chi connectivity index (χ0n) is 14.6. The van der Waals surface area contributed by atoms with E-state index in [4.69, 9.17) is 16.3 Å². The quantitative estimate of drug-likeness (QED) is 0.804. The number of halogens is 1. The van der Waals surface area contributed by atoms with Gasteiger partial charge in [0, 0.05) is 19.2 Å². The van der Waals surface area contributed by atoms with E-state index in [-0.39, 0.29) is 5.91 Å². The highest BCUT2D eigenvalue weighted by atomic mass is 35.5. The fourth-order valence-corrected chi connectivity index (χ4v) is 3.35. The largest absolute Gasteiger partial charge is 0.494 e. The summed E-state index contributed by atoms with van der Waals surface area (Å²) in [6.45, 7) is 5.49. The molecule has 1 saturated heterocycles. The number of ether oxygens (including phenoxy) is 1. The molecule has 0 radical (unpaired) electrons. The van der Waals surface area contributed by atoms with Crippen molar-refractivity contribution in [3.8, 4) is 5.75 Å². The van der Waals surface area contributed by atoms with Gasteiger partial charge in [-0.1, -0.05) is 49.7 Å². The van der Waals surface area contributed by atoms with Crippen molar-refractivity contribution in [3.63, 3.8) is 0 Å². The number of hydrogen-bond donors (Lipinski definition) is 2. The molecule has 25 heavy (non-hydrogen) atoms. The molecule has 0 atom stereocenters. The van der Waals surface area contributed by atoms with Gasteiger partial charge in [0.05, 0.1) is 18.7 Å². The fourth-order valence-electron chi connectivity index (χ4n) is 3.20. The summed E-state index contributed by atoms with van der Waals surface area (Å²) in [6.07, 6.45) is 1.52. The Balaban J connectivity index is 1.95. The number of methoxy groups -OCH3 is 1. The number of nitrogens with zero attached hydrogens (tertiary/aromatic N) is 1. The Labute approximate surface area is 152 Å². The Morgan fingerprint density at radius 2 is 2.08 bits per heavy atom. The van der Waals surface area contributed by atoms with Gasteiger partial charge in [-0.25, -0.2) is 4.98 Å². The molecule has 1 amide bonds. The van der Waals surface area contributed by atoms with Crippen molar-refractivity contribution in [2.45, 2.75) is 25.2 Å². The summed E-state index contributed by atoms with van der Waals surface area (Å²) >= 11 is 5.90. The van der Waals surface area contributed by atoms with Gasteiger partial charge < -0.3 is 15.4 Å². The lowest BCUT2D eigenvalue weighted by Crippen LogP contribution is -2.63. The van der Waals surface area contributed by atoms with Gasteiger partial charge in [-0.3, -0.25) is 4.79 Å². The molecule has 5 nitrogen and oxygen atoms in total. The number of pyridine rings is 1. The molecule has 1 aromatic heterocycles. The van der Waals surface area contributed by atoms with E-state index in [1.54, 1.807) is 6.07 Å². The average Bonchev–Trinajstić information content (AvgIpc) is 2.55. The zero-order valence-corrected chi connectivity index (χ0v) is 15.4. The second-order valence-electron chi connectivity index (χ2n) is 6.59. The summed E-state index contributed by atoms with van der Waals surface area (Å²) in [5.74, 6) is 0.767. The molecule has 0 aliphatic carbocycles. The molecule has 0 unspecified atom stereocenters. The molecule has 1 fully saturated rings. The lowest BCUT2D eigenvalue weighted by Gasteiger charge is -2.43. The standard InChI is InChI=1S/C19H22ClN3O2/c1-12(2)13-6-4-5-7-14(13)19(10-21-11-19)18(24)23-15-9-22-17(20)8-16(15)25-3/h4-9,12,21H,10-11H2,1-3H3,(H,23,24). The Bertz CT molecular complexity index is 788. The van der Waals surface area contributed by atoms with E-state index in [1.165, 1.54) is 18.9 Å². The number of carbonyl (C=O) groups excluding carboxylic acids is 1. The minimum absolute atomic E-state index is 0.0678. The van der Waals surface area contributed by atoms with Crippen LogP contribution in [0, 0.1) is 0 Å². The second-order valence-corrected chi connectivity index (χ2v) is 6.98. The highest BCUT2D eigenvalue weighted by molar-refractivity contribution is 6.29. The average molecular weight is 360 g/mol. The van der Waals surface area contributed by atoms with Crippen LogP contribution in [0.15, 0.2) is 36.5 Å². The first kappa shape index (κ1) is 17.7. The Morgan fingerprint density at radius 3 is 2.68 bits per heavy atom. The molecule has 0 spiro atoms. The van der Waals surface area contributed by atoms with E-state index in [2.05, 4.69) is 35.5 Å². The monoisotopic (exact) mass is 359 g/mol. The van der Waals surface area contributed by atoms with Crippen LogP contribution < -0.4 is 15.4 Å². The molecule has 6 heteroatoms. The summed E-state index contributed by atoms with van der Waals surface area (Å²) in [6, 6.07) is 9.73. The molecule has 2 heterocycles. The van der Waals surface area contributed by atoms with Gasteiger partial charge in [0.15, 0.2) is 0 Å². The number of carbonyl (C=O) groups is 1. The number of anilines is 1. The van der Waals surface area contributed by atoms with Crippen molar-refractivity contribution in [1.29, 1.82) is 0 Å². The minimum atomic E-state index is -0.592. The van der Waals surface area contributed by atoms with Gasteiger partial charge in [0.2, 0.25) is 5.91 Å². The molecular weight excluding hydrogens is 338 g/mol. The third-order valence-electron chi connectivity index (χ3n) is 4.69. The van der Waals surface area contributed by atoms with Gasteiger partial charge in [0.1, 0.15) is 16.6 Å². The van der Waals surface area contributed by atoms with Crippen LogP contribution in [0.4, 0.5) is 5.69 Å². The maximum absolute atomic E-state index is 13.2. The molecule has 1 aliphatic rings. The molecule has 2 aromatic rings. The topological polar surface area (TPSA) is 63.2 Å². The summed E-state index contributed by atoms with van der Waals surface area (Å²) in [4.78, 5) is 17.2. The molecule has 0 bridgehead atoms. The molecule has 3 rings (SSSR count). The van der Waals surface area contributed by atoms with Crippen LogP contribution in [0.25, 0.3) is 0 Å². The maximum Gasteiger partial charge on any atom is 0.237 e.